The van der Waals surface area contributed by atoms with Gasteiger partial charge in [-0.2, -0.15) is 0 Å². The Morgan fingerprint density at radius 3 is 2.75 bits per heavy atom. The maximum atomic E-state index is 10.1. The van der Waals surface area contributed by atoms with Crippen LogP contribution >= 0.6 is 0 Å². The van der Waals surface area contributed by atoms with E-state index in [1.54, 1.807) is 0 Å². The van der Waals surface area contributed by atoms with E-state index in [9.17, 15) is 4.79 Å². The lowest BCUT2D eigenvalue weighted by molar-refractivity contribution is -0.143. The van der Waals surface area contributed by atoms with Crippen molar-refractivity contribution < 1.29 is 19.4 Å². The third kappa shape index (κ3) is 3.69. The molecule has 0 aromatic heterocycles. The minimum absolute atomic E-state index is 0.183. The van der Waals surface area contributed by atoms with Crippen molar-refractivity contribution in [1.82, 2.24) is 0 Å². The van der Waals surface area contributed by atoms with E-state index in [1.807, 2.05) is 0 Å². The number of hydrogen-bond acceptors (Lipinski definition) is 3. The highest BCUT2D eigenvalue weighted by molar-refractivity contribution is 5.67. The van der Waals surface area contributed by atoms with Crippen LogP contribution in [0.4, 0.5) is 0 Å². The topological polar surface area (TPSA) is 55.8 Å². The van der Waals surface area contributed by atoms with Gasteiger partial charge in [-0.25, -0.2) is 4.79 Å². The molecule has 0 atom stereocenters. The van der Waals surface area contributed by atoms with E-state index in [2.05, 4.69) is 0 Å². The Morgan fingerprint density at radius 1 is 1.50 bits per heavy atom. The summed E-state index contributed by atoms with van der Waals surface area (Å²) in [6.07, 6.45) is 1.97. The van der Waals surface area contributed by atoms with Crippen LogP contribution in [-0.2, 0) is 14.3 Å². The van der Waals surface area contributed by atoms with Gasteiger partial charge in [0.1, 0.15) is 6.61 Å². The summed E-state index contributed by atoms with van der Waals surface area (Å²) < 4.78 is 10.1. The minimum Gasteiger partial charge on any atom is -0.480 e. The van der Waals surface area contributed by atoms with Crippen LogP contribution in [0.2, 0.25) is 0 Å². The maximum absolute atomic E-state index is 10.1. The van der Waals surface area contributed by atoms with E-state index in [1.165, 1.54) is 0 Å². The van der Waals surface area contributed by atoms with Crippen molar-refractivity contribution in [3.8, 4) is 0 Å². The fourth-order valence-electron chi connectivity index (χ4n) is 1.23. The predicted octanol–water partition coefficient (Wildman–Crippen LogP) is 0.514. The predicted molar refractivity (Wildman–Crippen MR) is 42.0 cm³/mol. The minimum atomic E-state index is -0.901. The quantitative estimate of drug-likeness (QED) is 0.674. The molecule has 0 saturated carbocycles. The van der Waals surface area contributed by atoms with Gasteiger partial charge in [0.05, 0.1) is 6.61 Å². The van der Waals surface area contributed by atoms with Crippen molar-refractivity contribution in [3.63, 3.8) is 0 Å². The number of carboxylic acid groups (broad SMARTS) is 1. The van der Waals surface area contributed by atoms with Gasteiger partial charge in [0.15, 0.2) is 0 Å². The SMILES string of the molecule is O=C(O)COCC1CCOCC1. The molecule has 4 nitrogen and oxygen atoms in total. The fraction of sp³-hybridized carbons (Fsp3) is 0.875. The summed E-state index contributed by atoms with van der Waals surface area (Å²) in [5.41, 5.74) is 0. The van der Waals surface area contributed by atoms with Crippen LogP contribution in [0.1, 0.15) is 12.8 Å². The van der Waals surface area contributed by atoms with Crippen molar-refractivity contribution in [1.29, 1.82) is 0 Å². The summed E-state index contributed by atoms with van der Waals surface area (Å²) >= 11 is 0. The molecule has 0 unspecified atom stereocenters. The standard InChI is InChI=1S/C8H14O4/c9-8(10)6-12-5-7-1-3-11-4-2-7/h7H,1-6H2,(H,9,10). The van der Waals surface area contributed by atoms with Crippen LogP contribution in [0.5, 0.6) is 0 Å². The number of aliphatic carboxylic acids is 1. The lowest BCUT2D eigenvalue weighted by Gasteiger charge is -2.21. The highest BCUT2D eigenvalue weighted by Gasteiger charge is 2.13. The second kappa shape index (κ2) is 5.11. The molecule has 12 heavy (non-hydrogen) atoms. The van der Waals surface area contributed by atoms with E-state index >= 15 is 0 Å². The number of ether oxygens (including phenoxy) is 2. The smallest absolute Gasteiger partial charge is 0.329 e. The first kappa shape index (κ1) is 9.48. The van der Waals surface area contributed by atoms with Crippen LogP contribution in [0.15, 0.2) is 0 Å². The zero-order chi connectivity index (χ0) is 8.81. The van der Waals surface area contributed by atoms with Gasteiger partial charge in [-0.05, 0) is 18.8 Å². The van der Waals surface area contributed by atoms with Crippen LogP contribution in [0.3, 0.4) is 0 Å². The summed E-state index contributed by atoms with van der Waals surface area (Å²) in [6.45, 7) is 1.93. The van der Waals surface area contributed by atoms with Gasteiger partial charge < -0.3 is 14.6 Å². The van der Waals surface area contributed by atoms with Crippen molar-refractivity contribution in [2.75, 3.05) is 26.4 Å². The number of rotatable bonds is 4. The number of carboxylic acids is 1. The Balaban J connectivity index is 2.01. The van der Waals surface area contributed by atoms with Gasteiger partial charge >= 0.3 is 5.97 Å². The zero-order valence-electron chi connectivity index (χ0n) is 6.99. The van der Waals surface area contributed by atoms with E-state index in [0.29, 0.717) is 12.5 Å². The number of carbonyl (C=O) groups is 1. The molecule has 70 valence electrons. The van der Waals surface area contributed by atoms with E-state index < -0.39 is 5.97 Å². The van der Waals surface area contributed by atoms with Crippen LogP contribution < -0.4 is 0 Å². The van der Waals surface area contributed by atoms with E-state index in [4.69, 9.17) is 14.6 Å². The van der Waals surface area contributed by atoms with Crippen molar-refractivity contribution in [3.05, 3.63) is 0 Å². The molecule has 0 aromatic carbocycles. The average molecular weight is 174 g/mol. The van der Waals surface area contributed by atoms with Gasteiger partial charge in [0, 0.05) is 13.2 Å². The summed E-state index contributed by atoms with van der Waals surface area (Å²) in [5.74, 6) is -0.417. The van der Waals surface area contributed by atoms with Crippen LogP contribution in [0, 0.1) is 5.92 Å². The largest absolute Gasteiger partial charge is 0.480 e. The molecule has 0 radical (unpaired) electrons. The van der Waals surface area contributed by atoms with Crippen LogP contribution in [0.25, 0.3) is 0 Å². The fourth-order valence-corrected chi connectivity index (χ4v) is 1.23. The molecular weight excluding hydrogens is 160 g/mol. The molecule has 0 aliphatic carbocycles. The van der Waals surface area contributed by atoms with Gasteiger partial charge in [-0.1, -0.05) is 0 Å². The van der Waals surface area contributed by atoms with Crippen molar-refractivity contribution in [2.24, 2.45) is 5.92 Å². The average Bonchev–Trinajstić information content (AvgIpc) is 2.05. The van der Waals surface area contributed by atoms with E-state index in [0.717, 1.165) is 26.1 Å². The molecule has 1 heterocycles. The molecule has 1 rings (SSSR count). The Kier molecular flexibility index (Phi) is 4.04. The molecular formula is C8H14O4. The zero-order valence-corrected chi connectivity index (χ0v) is 6.99. The molecule has 1 aliphatic heterocycles. The first-order chi connectivity index (χ1) is 5.79. The Morgan fingerprint density at radius 2 is 2.17 bits per heavy atom. The van der Waals surface area contributed by atoms with Gasteiger partial charge in [-0.15, -0.1) is 0 Å². The third-order valence-electron chi connectivity index (χ3n) is 1.92. The maximum Gasteiger partial charge on any atom is 0.329 e. The molecule has 1 fully saturated rings. The first-order valence-corrected chi connectivity index (χ1v) is 4.16. The summed E-state index contributed by atoms with van der Waals surface area (Å²) in [6, 6.07) is 0. The Hall–Kier alpha value is -0.610. The van der Waals surface area contributed by atoms with Crippen molar-refractivity contribution >= 4 is 5.97 Å². The van der Waals surface area contributed by atoms with Gasteiger partial charge in [-0.3, -0.25) is 0 Å². The number of hydrogen-bond donors (Lipinski definition) is 1. The second-order valence-electron chi connectivity index (χ2n) is 2.96. The van der Waals surface area contributed by atoms with Gasteiger partial charge in [0.25, 0.3) is 0 Å². The molecule has 1 N–H and O–H groups in total. The lowest BCUT2D eigenvalue weighted by atomic mass is 10.0. The first-order valence-electron chi connectivity index (χ1n) is 4.16. The molecule has 0 bridgehead atoms. The van der Waals surface area contributed by atoms with Crippen LogP contribution in [-0.4, -0.2) is 37.5 Å². The van der Waals surface area contributed by atoms with Crippen molar-refractivity contribution in [2.45, 2.75) is 12.8 Å². The second-order valence-corrected chi connectivity index (χ2v) is 2.96. The Bertz CT molecular complexity index is 140. The highest BCUT2D eigenvalue weighted by atomic mass is 16.5. The third-order valence-corrected chi connectivity index (χ3v) is 1.92. The molecule has 1 aliphatic rings. The molecule has 0 aromatic rings. The molecule has 4 heteroatoms. The molecule has 0 amide bonds. The Labute approximate surface area is 71.5 Å². The molecule has 1 saturated heterocycles. The normalized spacial score (nSPS) is 19.3. The highest BCUT2D eigenvalue weighted by Crippen LogP contribution is 2.14. The molecule has 0 spiro atoms. The summed E-state index contributed by atoms with van der Waals surface area (Å²) in [5, 5.41) is 8.29. The summed E-state index contributed by atoms with van der Waals surface area (Å²) in [7, 11) is 0. The van der Waals surface area contributed by atoms with E-state index in [-0.39, 0.29) is 6.61 Å². The lowest BCUT2D eigenvalue weighted by Crippen LogP contribution is -2.21. The van der Waals surface area contributed by atoms with Gasteiger partial charge in [0.2, 0.25) is 0 Å². The monoisotopic (exact) mass is 174 g/mol. The summed E-state index contributed by atoms with van der Waals surface area (Å²) in [4.78, 5) is 10.1.